The molecule has 0 saturated heterocycles. The van der Waals surface area contributed by atoms with Gasteiger partial charge in [-0.2, -0.15) is 5.10 Å². The van der Waals surface area contributed by atoms with Gasteiger partial charge in [0.05, 0.1) is 5.39 Å². The first kappa shape index (κ1) is 19.6. The number of fused-ring (bicyclic) bond motifs is 1. The number of carbonyl (C=O) groups excluding carboxylic acids is 2. The van der Waals surface area contributed by atoms with E-state index in [-0.39, 0.29) is 11.3 Å². The van der Waals surface area contributed by atoms with Crippen LogP contribution in [0.1, 0.15) is 23.0 Å². The molecule has 0 bridgehead atoms. The molecule has 1 heterocycles. The molecular weight excluding hydrogens is 382 g/mol. The minimum Gasteiger partial charge on any atom is -0.451 e. The Balaban J connectivity index is 1.76. The minimum absolute atomic E-state index is 0.0109. The van der Waals surface area contributed by atoms with Crippen LogP contribution in [0.15, 0.2) is 47.3 Å². The summed E-state index contributed by atoms with van der Waals surface area (Å²) in [5.41, 5.74) is 1.08. The Labute approximate surface area is 165 Å². The highest BCUT2D eigenvalue weighted by molar-refractivity contribution is 6.31. The van der Waals surface area contributed by atoms with Crippen LogP contribution in [0.2, 0.25) is 5.02 Å². The van der Waals surface area contributed by atoms with Gasteiger partial charge >= 0.3 is 5.97 Å². The van der Waals surface area contributed by atoms with Crippen LogP contribution in [-0.2, 0) is 16.1 Å². The number of nitrogens with zero attached hydrogens (tertiary/aromatic N) is 2. The summed E-state index contributed by atoms with van der Waals surface area (Å²) in [5, 5.41) is 7.96. The number of halogens is 1. The van der Waals surface area contributed by atoms with Crippen LogP contribution in [0.4, 0.5) is 5.69 Å². The molecule has 1 N–H and O–H groups in total. The number of hydrogen-bond donors (Lipinski definition) is 1. The second-order valence-electron chi connectivity index (χ2n) is 6.10. The highest BCUT2D eigenvalue weighted by Gasteiger charge is 2.18. The Morgan fingerprint density at radius 2 is 1.89 bits per heavy atom. The van der Waals surface area contributed by atoms with Gasteiger partial charge in [0.25, 0.3) is 11.5 Å². The maximum atomic E-state index is 12.5. The number of ether oxygens (including phenoxy) is 1. The molecule has 0 aliphatic carbocycles. The van der Waals surface area contributed by atoms with Crippen molar-refractivity contribution in [3.8, 4) is 0 Å². The molecule has 0 unspecified atom stereocenters. The zero-order chi connectivity index (χ0) is 20.3. The number of aromatic nitrogens is 2. The van der Waals surface area contributed by atoms with Crippen molar-refractivity contribution in [2.45, 2.75) is 20.4 Å². The Morgan fingerprint density at radius 3 is 2.57 bits per heavy atom. The molecule has 144 valence electrons. The highest BCUT2D eigenvalue weighted by Crippen LogP contribution is 2.20. The number of benzene rings is 2. The van der Waals surface area contributed by atoms with Crippen LogP contribution in [0.5, 0.6) is 0 Å². The van der Waals surface area contributed by atoms with Gasteiger partial charge < -0.3 is 10.1 Å². The summed E-state index contributed by atoms with van der Waals surface area (Å²) in [6.45, 7) is 3.41. The lowest BCUT2D eigenvalue weighted by Crippen LogP contribution is -2.27. The van der Waals surface area contributed by atoms with Crippen LogP contribution in [0, 0.1) is 6.92 Å². The molecule has 0 atom stereocenters. The van der Waals surface area contributed by atoms with Gasteiger partial charge in [0.1, 0.15) is 0 Å². The second-order valence-corrected chi connectivity index (χ2v) is 6.51. The molecule has 0 aliphatic heterocycles. The van der Waals surface area contributed by atoms with Gasteiger partial charge in [0, 0.05) is 22.6 Å². The minimum atomic E-state index is -0.782. The first-order chi connectivity index (χ1) is 13.4. The predicted octanol–water partition coefficient (Wildman–Crippen LogP) is 3.17. The number of esters is 1. The van der Waals surface area contributed by atoms with Gasteiger partial charge in [-0.05, 0) is 37.6 Å². The quantitative estimate of drug-likeness (QED) is 0.665. The van der Waals surface area contributed by atoms with E-state index in [1.54, 1.807) is 49.4 Å². The summed E-state index contributed by atoms with van der Waals surface area (Å²) >= 11 is 6.03. The van der Waals surface area contributed by atoms with Crippen molar-refractivity contribution < 1.29 is 14.3 Å². The van der Waals surface area contributed by atoms with E-state index in [1.165, 1.54) is 4.68 Å². The zero-order valence-corrected chi connectivity index (χ0v) is 16.1. The molecule has 0 spiro atoms. The number of nitrogens with one attached hydrogen (secondary N) is 1. The molecule has 7 nitrogen and oxygen atoms in total. The van der Waals surface area contributed by atoms with Crippen molar-refractivity contribution in [2.24, 2.45) is 0 Å². The van der Waals surface area contributed by atoms with Crippen LogP contribution in [-0.4, -0.2) is 28.3 Å². The summed E-state index contributed by atoms with van der Waals surface area (Å²) < 4.78 is 6.29. The van der Waals surface area contributed by atoms with Crippen LogP contribution in [0.25, 0.3) is 10.8 Å². The first-order valence-corrected chi connectivity index (χ1v) is 9.01. The van der Waals surface area contributed by atoms with Crippen LogP contribution in [0.3, 0.4) is 0 Å². The van der Waals surface area contributed by atoms with E-state index in [2.05, 4.69) is 10.4 Å². The molecule has 0 saturated carbocycles. The number of aryl methyl sites for hydroxylation is 2. The van der Waals surface area contributed by atoms with Gasteiger partial charge in [-0.25, -0.2) is 9.48 Å². The Kier molecular flexibility index (Phi) is 5.75. The van der Waals surface area contributed by atoms with E-state index in [0.717, 1.165) is 5.56 Å². The monoisotopic (exact) mass is 399 g/mol. The maximum Gasteiger partial charge on any atom is 0.359 e. The smallest absolute Gasteiger partial charge is 0.359 e. The summed E-state index contributed by atoms with van der Waals surface area (Å²) in [5.74, 6) is -1.29. The van der Waals surface area contributed by atoms with Crippen molar-refractivity contribution in [3.05, 3.63) is 69.1 Å². The van der Waals surface area contributed by atoms with Gasteiger partial charge in [-0.3, -0.25) is 9.59 Å². The van der Waals surface area contributed by atoms with E-state index >= 15 is 0 Å². The Morgan fingerprint density at radius 1 is 1.18 bits per heavy atom. The van der Waals surface area contributed by atoms with Crippen molar-refractivity contribution in [1.29, 1.82) is 0 Å². The third kappa shape index (κ3) is 4.04. The summed E-state index contributed by atoms with van der Waals surface area (Å²) in [6, 6.07) is 11.7. The fourth-order valence-electron chi connectivity index (χ4n) is 2.67. The average Bonchev–Trinajstić information content (AvgIpc) is 2.69. The third-order valence-electron chi connectivity index (χ3n) is 4.15. The van der Waals surface area contributed by atoms with Gasteiger partial charge in [-0.1, -0.05) is 35.9 Å². The van der Waals surface area contributed by atoms with E-state index in [1.807, 2.05) is 6.92 Å². The highest BCUT2D eigenvalue weighted by atomic mass is 35.5. The number of rotatable bonds is 5. The van der Waals surface area contributed by atoms with E-state index in [4.69, 9.17) is 16.3 Å². The SMILES string of the molecule is CCn1nc(C(=O)OCC(=O)Nc2ccc(C)c(Cl)c2)c2ccccc2c1=O. The van der Waals surface area contributed by atoms with Crippen LogP contribution < -0.4 is 10.9 Å². The number of hydrogen-bond acceptors (Lipinski definition) is 5. The average molecular weight is 400 g/mol. The Bertz CT molecular complexity index is 1120. The number of amides is 1. The van der Waals surface area contributed by atoms with Crippen molar-refractivity contribution in [3.63, 3.8) is 0 Å². The topological polar surface area (TPSA) is 90.3 Å². The van der Waals surface area contributed by atoms with Gasteiger partial charge in [-0.15, -0.1) is 0 Å². The molecule has 8 heteroatoms. The molecule has 3 rings (SSSR count). The van der Waals surface area contributed by atoms with Crippen LogP contribution >= 0.6 is 11.6 Å². The fraction of sp³-hybridized carbons (Fsp3) is 0.200. The molecule has 1 aromatic heterocycles. The Hall–Kier alpha value is -3.19. The first-order valence-electron chi connectivity index (χ1n) is 8.63. The van der Waals surface area contributed by atoms with E-state index < -0.39 is 18.5 Å². The van der Waals surface area contributed by atoms with E-state index in [9.17, 15) is 14.4 Å². The lowest BCUT2D eigenvalue weighted by Gasteiger charge is -2.10. The normalized spacial score (nSPS) is 10.7. The molecular formula is C20H18ClN3O4. The molecule has 1 amide bonds. The fourth-order valence-corrected chi connectivity index (χ4v) is 2.85. The molecule has 0 aliphatic rings. The molecule has 2 aromatic carbocycles. The zero-order valence-electron chi connectivity index (χ0n) is 15.4. The summed E-state index contributed by atoms with van der Waals surface area (Å²) in [4.78, 5) is 36.9. The number of anilines is 1. The predicted molar refractivity (Wildman–Crippen MR) is 107 cm³/mol. The molecule has 0 radical (unpaired) electrons. The standard InChI is InChI=1S/C20H18ClN3O4/c1-3-24-19(26)15-7-5-4-6-14(15)18(23-24)20(27)28-11-17(25)22-13-9-8-12(2)16(21)10-13/h4-10H,3,11H2,1-2H3,(H,22,25). The molecule has 28 heavy (non-hydrogen) atoms. The van der Waals surface area contributed by atoms with E-state index in [0.29, 0.717) is 28.0 Å². The molecule has 0 fully saturated rings. The largest absolute Gasteiger partial charge is 0.451 e. The third-order valence-corrected chi connectivity index (χ3v) is 4.56. The number of carbonyl (C=O) groups is 2. The maximum absolute atomic E-state index is 12.5. The summed E-state index contributed by atoms with van der Waals surface area (Å²) in [6.07, 6.45) is 0. The van der Waals surface area contributed by atoms with Gasteiger partial charge in [0.15, 0.2) is 12.3 Å². The lowest BCUT2D eigenvalue weighted by molar-refractivity contribution is -0.119. The van der Waals surface area contributed by atoms with Crippen molar-refractivity contribution in [1.82, 2.24) is 9.78 Å². The lowest BCUT2D eigenvalue weighted by atomic mass is 10.1. The summed E-state index contributed by atoms with van der Waals surface area (Å²) in [7, 11) is 0. The van der Waals surface area contributed by atoms with Crippen molar-refractivity contribution in [2.75, 3.05) is 11.9 Å². The van der Waals surface area contributed by atoms with Crippen molar-refractivity contribution >= 4 is 39.9 Å². The van der Waals surface area contributed by atoms with Gasteiger partial charge in [0.2, 0.25) is 0 Å². The molecule has 3 aromatic rings. The second kappa shape index (κ2) is 8.22.